The molecule has 29 heavy (non-hydrogen) atoms. The van der Waals surface area contributed by atoms with Crippen molar-refractivity contribution in [2.24, 2.45) is 0 Å². The molecule has 0 radical (unpaired) electrons. The second kappa shape index (κ2) is 10.5. The topological polar surface area (TPSA) is 87.2 Å². The summed E-state index contributed by atoms with van der Waals surface area (Å²) in [5, 5.41) is 14.8. The molecule has 2 heterocycles. The van der Waals surface area contributed by atoms with Crippen LogP contribution in [-0.2, 0) is 6.42 Å². The molecule has 2 aromatic rings. The predicted molar refractivity (Wildman–Crippen MR) is 116 cm³/mol. The van der Waals surface area contributed by atoms with Crippen LogP contribution in [0.15, 0.2) is 24.3 Å². The van der Waals surface area contributed by atoms with Crippen molar-refractivity contribution < 1.29 is 9.59 Å². The highest BCUT2D eigenvalue weighted by atomic mass is 32.1. The number of amides is 2. The Hall–Kier alpha value is -2.32. The van der Waals surface area contributed by atoms with Gasteiger partial charge in [-0.15, -0.1) is 10.2 Å². The number of carbonyl (C=O) groups is 2. The number of nitrogens with zero attached hydrogens (tertiary/aromatic N) is 3. The molecule has 0 saturated carbocycles. The van der Waals surface area contributed by atoms with Gasteiger partial charge in [-0.3, -0.25) is 9.59 Å². The third-order valence-electron chi connectivity index (χ3n) is 5.22. The van der Waals surface area contributed by atoms with Crippen molar-refractivity contribution in [2.75, 3.05) is 25.0 Å². The van der Waals surface area contributed by atoms with E-state index in [1.54, 1.807) is 24.3 Å². The van der Waals surface area contributed by atoms with E-state index in [4.69, 9.17) is 0 Å². The van der Waals surface area contributed by atoms with Crippen molar-refractivity contribution in [1.82, 2.24) is 20.4 Å². The first-order chi connectivity index (χ1) is 14.1. The normalized spacial score (nSPS) is 17.1. The van der Waals surface area contributed by atoms with E-state index in [1.165, 1.54) is 37.1 Å². The summed E-state index contributed by atoms with van der Waals surface area (Å²) >= 11 is 1.29. The maximum atomic E-state index is 12.3. The fourth-order valence-corrected chi connectivity index (χ4v) is 4.13. The minimum absolute atomic E-state index is 0.0914. The summed E-state index contributed by atoms with van der Waals surface area (Å²) in [7, 11) is 0. The molecular weight excluding hydrogens is 386 g/mol. The van der Waals surface area contributed by atoms with Crippen LogP contribution in [0.4, 0.5) is 5.69 Å². The number of nitrogens with one attached hydrogen (secondary N) is 2. The van der Waals surface area contributed by atoms with Crippen molar-refractivity contribution in [2.45, 2.75) is 52.0 Å². The zero-order chi connectivity index (χ0) is 20.6. The molecule has 1 fully saturated rings. The Morgan fingerprint density at radius 2 is 1.97 bits per heavy atom. The van der Waals surface area contributed by atoms with Gasteiger partial charge in [0.1, 0.15) is 5.01 Å². The number of benzene rings is 1. The van der Waals surface area contributed by atoms with Crippen LogP contribution in [0.25, 0.3) is 0 Å². The van der Waals surface area contributed by atoms with Gasteiger partial charge in [-0.25, -0.2) is 0 Å². The average Bonchev–Trinajstić information content (AvgIpc) is 3.22. The van der Waals surface area contributed by atoms with Crippen LogP contribution in [0, 0.1) is 0 Å². The third kappa shape index (κ3) is 6.08. The molecule has 0 aliphatic carbocycles. The molecule has 3 rings (SSSR count). The quantitative estimate of drug-likeness (QED) is 0.646. The van der Waals surface area contributed by atoms with Gasteiger partial charge >= 0.3 is 0 Å². The highest BCUT2D eigenvalue weighted by Crippen LogP contribution is 2.16. The lowest BCUT2D eigenvalue weighted by molar-refractivity contribution is 0.0948. The Morgan fingerprint density at radius 1 is 1.17 bits per heavy atom. The van der Waals surface area contributed by atoms with E-state index in [2.05, 4.69) is 32.7 Å². The molecule has 0 unspecified atom stereocenters. The summed E-state index contributed by atoms with van der Waals surface area (Å²) in [4.78, 5) is 27.0. The summed E-state index contributed by atoms with van der Waals surface area (Å²) in [5.74, 6) is -0.377. The Labute approximate surface area is 175 Å². The molecule has 2 N–H and O–H groups in total. The smallest absolute Gasteiger partial charge is 0.286 e. The Kier molecular flexibility index (Phi) is 7.71. The van der Waals surface area contributed by atoms with Crippen LogP contribution in [-0.4, -0.2) is 52.6 Å². The minimum atomic E-state index is -0.286. The zero-order valence-corrected chi connectivity index (χ0v) is 17.9. The molecule has 1 aliphatic heterocycles. The van der Waals surface area contributed by atoms with E-state index in [-0.39, 0.29) is 11.8 Å². The van der Waals surface area contributed by atoms with Crippen LogP contribution < -0.4 is 10.6 Å². The largest absolute Gasteiger partial charge is 0.352 e. The second-order valence-corrected chi connectivity index (χ2v) is 8.44. The average molecular weight is 416 g/mol. The lowest BCUT2D eigenvalue weighted by atomic mass is 10.0. The molecule has 156 valence electrons. The van der Waals surface area contributed by atoms with Crippen molar-refractivity contribution in [3.8, 4) is 0 Å². The van der Waals surface area contributed by atoms with E-state index in [1.807, 2.05) is 6.92 Å². The molecule has 1 aliphatic rings. The number of carbonyl (C=O) groups excluding carboxylic acids is 2. The number of hydrogen-bond donors (Lipinski definition) is 2. The number of hydrogen-bond acceptors (Lipinski definition) is 6. The van der Waals surface area contributed by atoms with E-state index < -0.39 is 0 Å². The fourth-order valence-electron chi connectivity index (χ4n) is 3.45. The molecule has 2 amide bonds. The molecule has 8 heteroatoms. The van der Waals surface area contributed by atoms with Crippen LogP contribution in [0.5, 0.6) is 0 Å². The number of aryl methyl sites for hydroxylation is 1. The first-order valence-corrected chi connectivity index (χ1v) is 11.1. The predicted octanol–water partition coefficient (Wildman–Crippen LogP) is 3.35. The van der Waals surface area contributed by atoms with Gasteiger partial charge in [-0.1, -0.05) is 24.7 Å². The second-order valence-electron chi connectivity index (χ2n) is 7.38. The summed E-state index contributed by atoms with van der Waals surface area (Å²) in [6.07, 6.45) is 5.58. The molecule has 1 atom stereocenters. The standard InChI is InChI=1S/C21H29N5O2S/c1-3-18-24-25-21(29-18)20(28)23-17-10-8-16(9-11-17)19(27)22-12-6-14-26-13-5-4-7-15(26)2/h8-11,15H,3-7,12-14H2,1-2H3,(H,22,27)(H,23,28)/t15-/m0/s1. The molecule has 1 aromatic heterocycles. The van der Waals surface area contributed by atoms with Crippen molar-refractivity contribution in [3.63, 3.8) is 0 Å². The summed E-state index contributed by atoms with van der Waals surface area (Å²) in [5.41, 5.74) is 1.21. The Balaban J connectivity index is 1.42. The van der Waals surface area contributed by atoms with Gasteiger partial charge in [-0.05, 0) is 63.4 Å². The number of aromatic nitrogens is 2. The first-order valence-electron chi connectivity index (χ1n) is 10.3. The number of anilines is 1. The van der Waals surface area contributed by atoms with Gasteiger partial charge in [0.2, 0.25) is 5.01 Å². The highest BCUT2D eigenvalue weighted by Gasteiger charge is 2.17. The van der Waals surface area contributed by atoms with Gasteiger partial charge in [0.25, 0.3) is 11.8 Å². The molecule has 1 saturated heterocycles. The van der Waals surface area contributed by atoms with Gasteiger partial charge < -0.3 is 15.5 Å². The van der Waals surface area contributed by atoms with Gasteiger partial charge in [0, 0.05) is 30.4 Å². The van der Waals surface area contributed by atoms with Crippen molar-refractivity contribution in [3.05, 3.63) is 39.8 Å². The van der Waals surface area contributed by atoms with Crippen LogP contribution >= 0.6 is 11.3 Å². The minimum Gasteiger partial charge on any atom is -0.352 e. The lowest BCUT2D eigenvalue weighted by Gasteiger charge is -2.33. The van der Waals surface area contributed by atoms with Gasteiger partial charge in [-0.2, -0.15) is 0 Å². The number of piperidine rings is 1. The van der Waals surface area contributed by atoms with E-state index >= 15 is 0 Å². The fraction of sp³-hybridized carbons (Fsp3) is 0.524. The van der Waals surface area contributed by atoms with E-state index in [9.17, 15) is 9.59 Å². The van der Waals surface area contributed by atoms with Crippen molar-refractivity contribution >= 4 is 28.8 Å². The SMILES string of the molecule is CCc1nnc(C(=O)Nc2ccc(C(=O)NCCCN3CCCC[C@@H]3C)cc2)s1. The Bertz CT molecular complexity index is 821. The van der Waals surface area contributed by atoms with E-state index in [0.29, 0.717) is 28.8 Å². The molecule has 7 nitrogen and oxygen atoms in total. The first kappa shape index (κ1) is 21.4. The number of rotatable bonds is 8. The summed E-state index contributed by atoms with van der Waals surface area (Å²) in [6, 6.07) is 7.54. The van der Waals surface area contributed by atoms with Crippen LogP contribution in [0.3, 0.4) is 0 Å². The molecule has 0 spiro atoms. The summed E-state index contributed by atoms with van der Waals surface area (Å²) in [6.45, 7) is 7.11. The highest BCUT2D eigenvalue weighted by molar-refractivity contribution is 7.13. The third-order valence-corrected chi connectivity index (χ3v) is 6.28. The molecule has 0 bridgehead atoms. The number of likely N-dealkylation sites (tertiary alicyclic amines) is 1. The van der Waals surface area contributed by atoms with Crippen LogP contribution in [0.1, 0.15) is 64.7 Å². The monoisotopic (exact) mass is 415 g/mol. The van der Waals surface area contributed by atoms with E-state index in [0.717, 1.165) is 24.4 Å². The Morgan fingerprint density at radius 3 is 2.66 bits per heavy atom. The van der Waals surface area contributed by atoms with Crippen molar-refractivity contribution in [1.29, 1.82) is 0 Å². The van der Waals surface area contributed by atoms with Gasteiger partial charge in [0.15, 0.2) is 0 Å². The van der Waals surface area contributed by atoms with Crippen LogP contribution in [0.2, 0.25) is 0 Å². The molecular formula is C21H29N5O2S. The maximum Gasteiger partial charge on any atom is 0.286 e. The zero-order valence-electron chi connectivity index (χ0n) is 17.1. The van der Waals surface area contributed by atoms with Gasteiger partial charge in [0.05, 0.1) is 0 Å². The lowest BCUT2D eigenvalue weighted by Crippen LogP contribution is -2.39. The summed E-state index contributed by atoms with van der Waals surface area (Å²) < 4.78 is 0. The maximum absolute atomic E-state index is 12.3. The molecule has 1 aromatic carbocycles.